The molecule has 2 rings (SSSR count). The number of benzene rings is 1. The van der Waals surface area contributed by atoms with Gasteiger partial charge in [-0.05, 0) is 62.4 Å². The van der Waals surface area contributed by atoms with Crippen molar-refractivity contribution in [1.82, 2.24) is 4.98 Å². The van der Waals surface area contributed by atoms with Crippen molar-refractivity contribution in [2.45, 2.75) is 53.9 Å². The van der Waals surface area contributed by atoms with Crippen LogP contribution in [0.4, 0.5) is 0 Å². The lowest BCUT2D eigenvalue weighted by molar-refractivity contribution is 0.411. The highest BCUT2D eigenvalue weighted by molar-refractivity contribution is 7.10. The van der Waals surface area contributed by atoms with E-state index >= 15 is 0 Å². The number of allylic oxidation sites excluding steroid dienone is 3. The van der Waals surface area contributed by atoms with Crippen LogP contribution in [0.3, 0.4) is 0 Å². The lowest BCUT2D eigenvalue weighted by Crippen LogP contribution is -1.97. The van der Waals surface area contributed by atoms with Crippen molar-refractivity contribution in [3.05, 3.63) is 56.6 Å². The first-order valence-electron chi connectivity index (χ1n) is 9.00. The van der Waals surface area contributed by atoms with Crippen LogP contribution in [0.1, 0.15) is 67.4 Å². The van der Waals surface area contributed by atoms with Crippen LogP contribution >= 0.6 is 11.3 Å². The van der Waals surface area contributed by atoms with Crippen LogP contribution in [0.2, 0.25) is 0 Å². The summed E-state index contributed by atoms with van der Waals surface area (Å²) in [6, 6.07) is 3.81. The molecular weight excluding hydrogens is 342 g/mol. The smallest absolute Gasteiger partial charge is 0.123 e. The number of aromatic nitrogens is 1. The van der Waals surface area contributed by atoms with Crippen LogP contribution < -0.4 is 4.74 Å². The predicted octanol–water partition coefficient (Wildman–Crippen LogP) is 6.67. The zero-order valence-corrected chi connectivity index (χ0v) is 17.6. The molecule has 0 atom stereocenters. The van der Waals surface area contributed by atoms with Crippen LogP contribution in [-0.2, 0) is 0 Å². The van der Waals surface area contributed by atoms with E-state index in [0.717, 1.165) is 45.1 Å². The Morgan fingerprint density at radius 3 is 2.50 bits per heavy atom. The number of hydrogen-bond acceptors (Lipinski definition) is 4. The molecule has 0 bridgehead atoms. The zero-order valence-electron chi connectivity index (χ0n) is 16.8. The third kappa shape index (κ3) is 4.18. The molecule has 0 saturated carbocycles. The van der Waals surface area contributed by atoms with Crippen LogP contribution in [0.15, 0.2) is 29.2 Å². The van der Waals surface area contributed by atoms with Gasteiger partial charge in [-0.15, -0.1) is 11.3 Å². The van der Waals surface area contributed by atoms with Gasteiger partial charge in [0.05, 0.1) is 12.8 Å². The Labute approximate surface area is 161 Å². The molecule has 26 heavy (non-hydrogen) atoms. The van der Waals surface area contributed by atoms with Gasteiger partial charge in [-0.25, -0.2) is 4.98 Å². The Balaban J connectivity index is 2.52. The summed E-state index contributed by atoms with van der Waals surface area (Å²) in [7, 11) is 1.66. The summed E-state index contributed by atoms with van der Waals surface area (Å²) in [5.41, 5.74) is 6.20. The second-order valence-electron chi connectivity index (χ2n) is 6.87. The highest BCUT2D eigenvalue weighted by Gasteiger charge is 2.14. The number of thiazole rings is 1. The molecule has 0 amide bonds. The van der Waals surface area contributed by atoms with Crippen molar-refractivity contribution >= 4 is 22.7 Å². The summed E-state index contributed by atoms with van der Waals surface area (Å²) >= 11 is 1.64. The first-order valence-corrected chi connectivity index (χ1v) is 9.88. The molecule has 0 fully saturated rings. The quantitative estimate of drug-likeness (QED) is 0.455. The van der Waals surface area contributed by atoms with Crippen molar-refractivity contribution < 1.29 is 9.84 Å². The maximum Gasteiger partial charge on any atom is 0.123 e. The second kappa shape index (κ2) is 8.54. The number of rotatable bonds is 6. The Morgan fingerprint density at radius 1 is 1.27 bits per heavy atom. The van der Waals surface area contributed by atoms with E-state index < -0.39 is 0 Å². The molecule has 0 unspecified atom stereocenters. The number of aliphatic hydroxyl groups excluding tert-OH is 1. The average molecular weight is 372 g/mol. The van der Waals surface area contributed by atoms with Crippen LogP contribution in [0.5, 0.6) is 5.75 Å². The van der Waals surface area contributed by atoms with E-state index in [0.29, 0.717) is 5.92 Å². The third-order valence-electron chi connectivity index (χ3n) is 4.85. The number of hydrogen-bond donors (Lipinski definition) is 1. The molecule has 4 heteroatoms. The summed E-state index contributed by atoms with van der Waals surface area (Å²) in [4.78, 5) is 4.78. The predicted molar refractivity (Wildman–Crippen MR) is 112 cm³/mol. The molecule has 0 aliphatic rings. The summed E-state index contributed by atoms with van der Waals surface area (Å²) < 4.78 is 5.37. The van der Waals surface area contributed by atoms with Gasteiger partial charge in [-0.1, -0.05) is 26.3 Å². The Hall–Kier alpha value is -2.07. The lowest BCUT2D eigenvalue weighted by Gasteiger charge is -2.13. The van der Waals surface area contributed by atoms with E-state index in [1.165, 1.54) is 5.57 Å². The summed E-state index contributed by atoms with van der Waals surface area (Å²) in [5.74, 6) is 1.49. The monoisotopic (exact) mass is 371 g/mol. The van der Waals surface area contributed by atoms with Crippen molar-refractivity contribution in [2.75, 3.05) is 7.11 Å². The number of aliphatic hydroxyl groups is 1. The van der Waals surface area contributed by atoms with Crippen molar-refractivity contribution in [1.29, 1.82) is 0 Å². The molecular formula is C22H29NO2S. The second-order valence-corrected chi connectivity index (χ2v) is 7.73. The molecule has 2 aromatic rings. The van der Waals surface area contributed by atoms with Gasteiger partial charge in [0.15, 0.2) is 0 Å². The van der Waals surface area contributed by atoms with Gasteiger partial charge in [-0.2, -0.15) is 0 Å². The molecule has 0 aliphatic carbocycles. The Kier molecular flexibility index (Phi) is 6.65. The third-order valence-corrected chi connectivity index (χ3v) is 5.74. The van der Waals surface area contributed by atoms with Gasteiger partial charge < -0.3 is 9.84 Å². The highest BCUT2D eigenvalue weighted by atomic mass is 32.1. The Morgan fingerprint density at radius 2 is 1.96 bits per heavy atom. The van der Waals surface area contributed by atoms with Gasteiger partial charge in [0.25, 0.3) is 0 Å². The fourth-order valence-corrected chi connectivity index (χ4v) is 3.82. The molecule has 1 aromatic carbocycles. The van der Waals surface area contributed by atoms with E-state index in [1.807, 2.05) is 32.1 Å². The molecule has 0 aliphatic heterocycles. The minimum Gasteiger partial charge on any atom is -0.507 e. The minimum atomic E-state index is 0.261. The summed E-state index contributed by atoms with van der Waals surface area (Å²) in [5, 5.41) is 13.9. The number of methoxy groups -OCH3 is 1. The van der Waals surface area contributed by atoms with Gasteiger partial charge >= 0.3 is 0 Å². The first kappa shape index (κ1) is 20.2. The lowest BCUT2D eigenvalue weighted by atomic mass is 9.98. The minimum absolute atomic E-state index is 0.261. The molecule has 140 valence electrons. The van der Waals surface area contributed by atoms with Gasteiger partial charge in [0.1, 0.15) is 16.5 Å². The maximum absolute atomic E-state index is 10.8. The van der Waals surface area contributed by atoms with Crippen molar-refractivity contribution in [3.63, 3.8) is 0 Å². The molecule has 0 radical (unpaired) electrons. The van der Waals surface area contributed by atoms with E-state index in [2.05, 4.69) is 33.1 Å². The van der Waals surface area contributed by atoms with Gasteiger partial charge in [0, 0.05) is 16.5 Å². The van der Waals surface area contributed by atoms with Crippen molar-refractivity contribution in [2.24, 2.45) is 0 Å². The highest BCUT2D eigenvalue weighted by Crippen LogP contribution is 2.32. The van der Waals surface area contributed by atoms with Crippen LogP contribution in [-0.4, -0.2) is 17.2 Å². The number of nitrogens with zero attached hydrogens (tertiary/aromatic N) is 1. The molecule has 1 N–H and O–H groups in total. The van der Waals surface area contributed by atoms with Gasteiger partial charge in [-0.3, -0.25) is 0 Å². The zero-order chi connectivity index (χ0) is 19.4. The fourth-order valence-electron chi connectivity index (χ4n) is 2.74. The topological polar surface area (TPSA) is 42.4 Å². The maximum atomic E-state index is 10.8. The summed E-state index contributed by atoms with van der Waals surface area (Å²) in [6.45, 7) is 12.5. The van der Waals surface area contributed by atoms with Gasteiger partial charge in [0.2, 0.25) is 0 Å². The van der Waals surface area contributed by atoms with E-state index in [1.54, 1.807) is 18.4 Å². The fraction of sp³-hybridized carbons (Fsp3) is 0.409. The van der Waals surface area contributed by atoms with E-state index in [4.69, 9.17) is 9.72 Å². The van der Waals surface area contributed by atoms with Crippen molar-refractivity contribution in [3.8, 4) is 5.75 Å². The summed E-state index contributed by atoms with van der Waals surface area (Å²) in [6.07, 6.45) is 2.77. The first-order chi connectivity index (χ1) is 12.3. The average Bonchev–Trinajstić information content (AvgIpc) is 3.11. The molecule has 1 heterocycles. The molecule has 0 spiro atoms. The molecule has 0 saturated heterocycles. The Bertz CT molecular complexity index is 844. The standard InChI is InChI=1S/C22H29NO2S/c1-8-14(4)18(22-23-19(12-26-22)13(2)3)11-20(24)17-9-10-21(25-7)16(6)15(17)5/h9-13,24H,8H2,1-7H3/b18-14-,20-11+. The number of ether oxygens (including phenoxy) is 1. The molecule has 3 nitrogen and oxygen atoms in total. The normalized spacial score (nSPS) is 13.2. The van der Waals surface area contributed by atoms with E-state index in [9.17, 15) is 5.11 Å². The molecule has 1 aromatic heterocycles. The van der Waals surface area contributed by atoms with E-state index in [-0.39, 0.29) is 5.76 Å². The largest absolute Gasteiger partial charge is 0.507 e. The van der Waals surface area contributed by atoms with Crippen LogP contribution in [0, 0.1) is 13.8 Å². The SMILES string of the molecule is CC/C(C)=C(/C=C(/O)c1ccc(OC)c(C)c1C)c1nc(C(C)C)cs1. The van der Waals surface area contributed by atoms with Crippen LogP contribution in [0.25, 0.3) is 11.3 Å².